The summed E-state index contributed by atoms with van der Waals surface area (Å²) in [6.45, 7) is 7.12. The Hall–Kier alpha value is -1.88. The van der Waals surface area contributed by atoms with Crippen molar-refractivity contribution in [3.8, 4) is 0 Å². The number of aryl methyl sites for hydroxylation is 3. The highest BCUT2D eigenvalue weighted by Crippen LogP contribution is 2.28. The Morgan fingerprint density at radius 2 is 1.81 bits per heavy atom. The van der Waals surface area contributed by atoms with Crippen molar-refractivity contribution in [2.45, 2.75) is 65.8 Å². The van der Waals surface area contributed by atoms with Crippen LogP contribution < -0.4 is 10.7 Å². The second-order valence-electron chi connectivity index (χ2n) is 7.09. The molecule has 144 valence electrons. The van der Waals surface area contributed by atoms with Gasteiger partial charge in [-0.15, -0.1) is 0 Å². The molecule has 0 fully saturated rings. The van der Waals surface area contributed by atoms with E-state index in [1.54, 1.807) is 6.07 Å². The maximum atomic E-state index is 13.2. The van der Waals surface area contributed by atoms with Crippen LogP contribution in [0.1, 0.15) is 66.5 Å². The van der Waals surface area contributed by atoms with Crippen LogP contribution in [-0.2, 0) is 32.2 Å². The number of hydrogen-bond donors (Lipinski definition) is 1. The van der Waals surface area contributed by atoms with E-state index in [9.17, 15) is 9.59 Å². The zero-order valence-corrected chi connectivity index (χ0v) is 17.9. The summed E-state index contributed by atoms with van der Waals surface area (Å²) >= 11 is 3.55. The summed E-state index contributed by atoms with van der Waals surface area (Å²) in [7, 11) is 0. The molecule has 1 N–H and O–H groups in total. The van der Waals surface area contributed by atoms with Crippen molar-refractivity contribution in [2.75, 3.05) is 5.32 Å². The summed E-state index contributed by atoms with van der Waals surface area (Å²) in [4.78, 5) is 26.0. The summed E-state index contributed by atoms with van der Waals surface area (Å²) < 4.78 is 3.20. The molecule has 0 bridgehead atoms. The molecular weight excluding hydrogens is 404 g/mol. The number of nitrogens with one attached hydrogen (secondary N) is 1. The number of benzene rings is 1. The van der Waals surface area contributed by atoms with Crippen molar-refractivity contribution in [1.29, 1.82) is 0 Å². The number of halogens is 1. The van der Waals surface area contributed by atoms with Crippen molar-refractivity contribution >= 4 is 27.5 Å². The normalized spacial score (nSPS) is 12.9. The van der Waals surface area contributed by atoms with Gasteiger partial charge in [-0.3, -0.25) is 9.59 Å². The van der Waals surface area contributed by atoms with Gasteiger partial charge in [0.25, 0.3) is 5.91 Å². The molecule has 5 heteroatoms. The fraction of sp³-hybridized carbons (Fsp3) is 0.455. The zero-order chi connectivity index (χ0) is 19.6. The van der Waals surface area contributed by atoms with E-state index in [4.69, 9.17) is 0 Å². The molecule has 0 unspecified atom stereocenters. The van der Waals surface area contributed by atoms with Crippen LogP contribution >= 0.6 is 15.9 Å². The predicted octanol–water partition coefficient (Wildman–Crippen LogP) is 4.89. The minimum Gasteiger partial charge on any atom is -0.348 e. The fourth-order valence-electron chi connectivity index (χ4n) is 4.02. The van der Waals surface area contributed by atoms with Crippen molar-refractivity contribution in [3.05, 3.63) is 61.0 Å². The summed E-state index contributed by atoms with van der Waals surface area (Å²) in [5.74, 6) is -0.280. The first-order valence-corrected chi connectivity index (χ1v) is 10.7. The third-order valence-electron chi connectivity index (χ3n) is 5.30. The van der Waals surface area contributed by atoms with E-state index >= 15 is 0 Å². The Morgan fingerprint density at radius 1 is 1.15 bits per heavy atom. The summed E-state index contributed by atoms with van der Waals surface area (Å²) in [6, 6.07) is 5.73. The lowest BCUT2D eigenvalue weighted by molar-refractivity contribution is 0.102. The van der Waals surface area contributed by atoms with Gasteiger partial charge < -0.3 is 9.88 Å². The molecule has 1 amide bonds. The number of hydrogen-bond acceptors (Lipinski definition) is 2. The topological polar surface area (TPSA) is 51.1 Å². The molecule has 1 aliphatic heterocycles. The van der Waals surface area contributed by atoms with E-state index in [-0.39, 0.29) is 11.3 Å². The van der Waals surface area contributed by atoms with Crippen LogP contribution in [-0.4, -0.2) is 10.5 Å². The van der Waals surface area contributed by atoms with Crippen molar-refractivity contribution in [1.82, 2.24) is 4.57 Å². The lowest BCUT2D eigenvalue weighted by Gasteiger charge is -2.19. The number of rotatable bonds is 6. The predicted molar refractivity (Wildman–Crippen MR) is 114 cm³/mol. The smallest absolute Gasteiger partial charge is 0.261 e. The highest BCUT2D eigenvalue weighted by Gasteiger charge is 2.24. The van der Waals surface area contributed by atoms with Crippen LogP contribution in [0.2, 0.25) is 0 Å². The number of carbonyl (C=O) groups excluding carboxylic acids is 1. The Morgan fingerprint density at radius 3 is 2.41 bits per heavy atom. The van der Waals surface area contributed by atoms with E-state index in [0.29, 0.717) is 5.56 Å². The molecule has 0 spiro atoms. The van der Waals surface area contributed by atoms with Crippen LogP contribution in [0.5, 0.6) is 0 Å². The van der Waals surface area contributed by atoms with E-state index in [1.165, 1.54) is 0 Å². The third kappa shape index (κ3) is 3.88. The second kappa shape index (κ2) is 8.42. The maximum Gasteiger partial charge on any atom is 0.261 e. The quantitative estimate of drug-likeness (QED) is 0.709. The van der Waals surface area contributed by atoms with E-state index in [2.05, 4.69) is 46.6 Å². The largest absolute Gasteiger partial charge is 0.348 e. The van der Waals surface area contributed by atoms with Gasteiger partial charge in [-0.2, -0.15) is 0 Å². The van der Waals surface area contributed by atoms with E-state index in [0.717, 1.165) is 77.7 Å². The molecule has 0 aliphatic carbocycles. The molecule has 0 saturated carbocycles. The van der Waals surface area contributed by atoms with E-state index in [1.807, 2.05) is 12.1 Å². The lowest BCUT2D eigenvalue weighted by atomic mass is 10.0. The lowest BCUT2D eigenvalue weighted by Crippen LogP contribution is -2.28. The highest BCUT2D eigenvalue weighted by atomic mass is 79.9. The average Bonchev–Trinajstić information content (AvgIpc) is 3.10. The first-order chi connectivity index (χ1) is 13.0. The van der Waals surface area contributed by atoms with Crippen LogP contribution in [0.4, 0.5) is 5.69 Å². The number of aromatic nitrogens is 1. The van der Waals surface area contributed by atoms with Crippen LogP contribution in [0.25, 0.3) is 0 Å². The molecule has 4 nitrogen and oxygen atoms in total. The summed E-state index contributed by atoms with van der Waals surface area (Å²) in [5, 5.41) is 3.08. The number of pyridine rings is 1. The first-order valence-electron chi connectivity index (χ1n) is 9.88. The SMILES string of the molecule is CCCc1c(C(=O)Nc2c(CC)cc(Br)cc2CC)c(=O)cc2n1CCC2. The van der Waals surface area contributed by atoms with Gasteiger partial charge in [-0.05, 0) is 55.4 Å². The summed E-state index contributed by atoms with van der Waals surface area (Å²) in [5.41, 5.74) is 5.11. The molecule has 0 saturated heterocycles. The number of nitrogens with zero attached hydrogens (tertiary/aromatic N) is 1. The van der Waals surface area contributed by atoms with Gasteiger partial charge in [-0.1, -0.05) is 43.1 Å². The van der Waals surface area contributed by atoms with Gasteiger partial charge in [0.05, 0.1) is 0 Å². The van der Waals surface area contributed by atoms with Crippen molar-refractivity contribution < 1.29 is 4.79 Å². The number of amides is 1. The molecule has 1 aromatic carbocycles. The fourth-order valence-corrected chi connectivity index (χ4v) is 4.57. The average molecular weight is 431 g/mol. The van der Waals surface area contributed by atoms with E-state index < -0.39 is 0 Å². The van der Waals surface area contributed by atoms with Gasteiger partial charge in [0.2, 0.25) is 0 Å². The number of anilines is 1. The Kier molecular flexibility index (Phi) is 6.20. The Labute approximate surface area is 169 Å². The molecular formula is C22H27BrN2O2. The highest BCUT2D eigenvalue weighted by molar-refractivity contribution is 9.10. The summed E-state index contributed by atoms with van der Waals surface area (Å²) in [6.07, 6.45) is 5.23. The van der Waals surface area contributed by atoms with Gasteiger partial charge >= 0.3 is 0 Å². The van der Waals surface area contributed by atoms with Gasteiger partial charge in [-0.25, -0.2) is 0 Å². The van der Waals surface area contributed by atoms with Gasteiger partial charge in [0.1, 0.15) is 5.56 Å². The first kappa shape index (κ1) is 19.9. The van der Waals surface area contributed by atoms with Crippen LogP contribution in [0.15, 0.2) is 27.5 Å². The van der Waals surface area contributed by atoms with Gasteiger partial charge in [0.15, 0.2) is 5.43 Å². The van der Waals surface area contributed by atoms with Crippen LogP contribution in [0.3, 0.4) is 0 Å². The molecule has 2 aromatic rings. The zero-order valence-electron chi connectivity index (χ0n) is 16.3. The van der Waals surface area contributed by atoms with Crippen molar-refractivity contribution in [3.63, 3.8) is 0 Å². The van der Waals surface area contributed by atoms with Crippen LogP contribution in [0, 0.1) is 0 Å². The Bertz CT molecular complexity index is 906. The van der Waals surface area contributed by atoms with Crippen molar-refractivity contribution in [2.24, 2.45) is 0 Å². The number of carbonyl (C=O) groups is 1. The molecule has 3 rings (SSSR count). The molecule has 1 aromatic heterocycles. The minimum absolute atomic E-state index is 0.155. The molecule has 27 heavy (non-hydrogen) atoms. The molecule has 2 heterocycles. The second-order valence-corrected chi connectivity index (χ2v) is 8.00. The molecule has 1 aliphatic rings. The molecule has 0 radical (unpaired) electrons. The minimum atomic E-state index is -0.280. The third-order valence-corrected chi connectivity index (χ3v) is 5.76. The Balaban J connectivity index is 2.07. The standard InChI is InChI=1S/C22H27BrN2O2/c1-4-8-18-20(19(26)13-17-9-7-10-25(17)18)22(27)24-21-14(5-2)11-16(23)12-15(21)6-3/h11-13H,4-10H2,1-3H3,(H,24,27). The number of fused-ring (bicyclic) bond motifs is 1. The molecule has 0 atom stereocenters. The monoisotopic (exact) mass is 430 g/mol. The van der Waals surface area contributed by atoms with Gasteiger partial charge in [0, 0.05) is 34.2 Å². The maximum absolute atomic E-state index is 13.2.